The van der Waals surface area contributed by atoms with Gasteiger partial charge in [0.1, 0.15) is 4.32 Å². The van der Waals surface area contributed by atoms with Crippen molar-refractivity contribution in [3.05, 3.63) is 70.4 Å². The monoisotopic (exact) mass is 370 g/mol. The second kappa shape index (κ2) is 7.58. The van der Waals surface area contributed by atoms with Gasteiger partial charge in [-0.15, -0.1) is 0 Å². The zero-order valence-corrected chi connectivity index (χ0v) is 15.0. The van der Waals surface area contributed by atoms with Crippen LogP contribution in [-0.2, 0) is 16.1 Å². The summed E-state index contributed by atoms with van der Waals surface area (Å²) in [6.07, 6.45) is 5.17. The fraction of sp³-hybridized carbons (Fsp3) is 0.111. The van der Waals surface area contributed by atoms with Gasteiger partial charge in [-0.2, -0.15) is 0 Å². The second-order valence-electron chi connectivity index (χ2n) is 5.24. The third kappa shape index (κ3) is 3.94. The average Bonchev–Trinajstić information content (AvgIpc) is 2.90. The number of ether oxygens (including phenoxy) is 1. The van der Waals surface area contributed by atoms with Crippen molar-refractivity contribution in [1.29, 1.82) is 0 Å². The van der Waals surface area contributed by atoms with E-state index in [1.807, 2.05) is 12.1 Å². The number of hydrogen-bond donors (Lipinski definition) is 0. The Morgan fingerprint density at radius 1 is 1.32 bits per heavy atom. The molecule has 2 heterocycles. The van der Waals surface area contributed by atoms with Gasteiger partial charge in [0.2, 0.25) is 0 Å². The van der Waals surface area contributed by atoms with Gasteiger partial charge in [-0.3, -0.25) is 14.7 Å². The average molecular weight is 370 g/mol. The van der Waals surface area contributed by atoms with E-state index in [9.17, 15) is 9.59 Å². The number of esters is 1. The van der Waals surface area contributed by atoms with Crippen LogP contribution in [0.2, 0.25) is 0 Å². The molecule has 2 aromatic rings. The minimum atomic E-state index is -0.394. The normalized spacial score (nSPS) is 15.7. The Balaban J connectivity index is 1.77. The van der Waals surface area contributed by atoms with E-state index >= 15 is 0 Å². The highest BCUT2D eigenvalue weighted by Crippen LogP contribution is 2.33. The molecule has 0 atom stereocenters. The lowest BCUT2D eigenvalue weighted by molar-refractivity contribution is -0.122. The topological polar surface area (TPSA) is 59.5 Å². The quantitative estimate of drug-likeness (QED) is 0.468. The summed E-state index contributed by atoms with van der Waals surface area (Å²) in [4.78, 5) is 30.2. The van der Waals surface area contributed by atoms with E-state index in [2.05, 4.69) is 9.72 Å². The van der Waals surface area contributed by atoms with Gasteiger partial charge in [0.05, 0.1) is 24.1 Å². The van der Waals surface area contributed by atoms with Crippen LogP contribution in [0.3, 0.4) is 0 Å². The summed E-state index contributed by atoms with van der Waals surface area (Å²) in [5.41, 5.74) is 2.20. The molecular formula is C18H14N2O3S2. The van der Waals surface area contributed by atoms with Crippen LogP contribution in [0.15, 0.2) is 53.7 Å². The van der Waals surface area contributed by atoms with Gasteiger partial charge in [0.15, 0.2) is 0 Å². The van der Waals surface area contributed by atoms with Gasteiger partial charge in [0.25, 0.3) is 5.91 Å². The summed E-state index contributed by atoms with van der Waals surface area (Å²) in [6.45, 7) is 0.400. The number of rotatable bonds is 4. The predicted octanol–water partition coefficient (Wildman–Crippen LogP) is 3.27. The van der Waals surface area contributed by atoms with Crippen molar-refractivity contribution in [2.75, 3.05) is 7.11 Å². The van der Waals surface area contributed by atoms with Gasteiger partial charge < -0.3 is 4.74 Å². The van der Waals surface area contributed by atoms with Crippen LogP contribution in [0.25, 0.3) is 6.08 Å². The number of thioether (sulfide) groups is 1. The minimum Gasteiger partial charge on any atom is -0.465 e. The first-order valence-electron chi connectivity index (χ1n) is 7.41. The second-order valence-corrected chi connectivity index (χ2v) is 6.92. The molecule has 0 unspecified atom stereocenters. The van der Waals surface area contributed by atoms with Crippen molar-refractivity contribution in [3.8, 4) is 0 Å². The lowest BCUT2D eigenvalue weighted by Crippen LogP contribution is -2.27. The van der Waals surface area contributed by atoms with Gasteiger partial charge >= 0.3 is 5.97 Å². The molecule has 0 bridgehead atoms. The molecule has 1 aliphatic rings. The van der Waals surface area contributed by atoms with Crippen molar-refractivity contribution in [2.45, 2.75) is 6.54 Å². The standard InChI is InChI=1S/C18H14N2O3S2/c1-23-17(22)14-6-4-12(5-7-14)9-15-16(21)20(18(24)25-15)11-13-3-2-8-19-10-13/h2-10H,11H2,1H3/b15-9-. The molecule has 0 saturated carbocycles. The summed E-state index contributed by atoms with van der Waals surface area (Å²) in [7, 11) is 1.34. The fourth-order valence-corrected chi connectivity index (χ4v) is 3.55. The van der Waals surface area contributed by atoms with Crippen LogP contribution >= 0.6 is 24.0 Å². The Morgan fingerprint density at radius 3 is 2.72 bits per heavy atom. The third-order valence-corrected chi connectivity index (χ3v) is 4.94. The molecule has 0 radical (unpaired) electrons. The highest BCUT2D eigenvalue weighted by molar-refractivity contribution is 8.26. The van der Waals surface area contributed by atoms with E-state index in [0.29, 0.717) is 21.3 Å². The highest BCUT2D eigenvalue weighted by atomic mass is 32.2. The van der Waals surface area contributed by atoms with E-state index < -0.39 is 5.97 Å². The number of thiocarbonyl (C=S) groups is 1. The zero-order valence-electron chi connectivity index (χ0n) is 13.3. The fourth-order valence-electron chi connectivity index (χ4n) is 2.30. The summed E-state index contributed by atoms with van der Waals surface area (Å²) >= 11 is 6.59. The number of pyridine rings is 1. The van der Waals surface area contributed by atoms with E-state index in [1.165, 1.54) is 18.9 Å². The lowest BCUT2D eigenvalue weighted by atomic mass is 10.1. The molecule has 1 amide bonds. The van der Waals surface area contributed by atoms with Crippen molar-refractivity contribution in [1.82, 2.24) is 9.88 Å². The Labute approximate surface area is 154 Å². The first-order valence-corrected chi connectivity index (χ1v) is 8.63. The Morgan fingerprint density at radius 2 is 2.08 bits per heavy atom. The zero-order chi connectivity index (χ0) is 17.8. The number of benzene rings is 1. The van der Waals surface area contributed by atoms with Gasteiger partial charge in [0, 0.05) is 12.4 Å². The molecule has 25 heavy (non-hydrogen) atoms. The number of amides is 1. The molecule has 3 rings (SSSR count). The van der Waals surface area contributed by atoms with Crippen molar-refractivity contribution in [3.63, 3.8) is 0 Å². The van der Waals surface area contributed by atoms with Crippen molar-refractivity contribution < 1.29 is 14.3 Å². The van der Waals surface area contributed by atoms with E-state index in [4.69, 9.17) is 12.2 Å². The first kappa shape index (κ1) is 17.3. The van der Waals surface area contributed by atoms with Gasteiger partial charge in [-0.25, -0.2) is 4.79 Å². The summed E-state index contributed by atoms with van der Waals surface area (Å²) in [5, 5.41) is 0. The lowest BCUT2D eigenvalue weighted by Gasteiger charge is -2.13. The van der Waals surface area contributed by atoms with Crippen LogP contribution in [0.1, 0.15) is 21.5 Å². The summed E-state index contributed by atoms with van der Waals surface area (Å²) < 4.78 is 5.19. The third-order valence-electron chi connectivity index (χ3n) is 3.57. The molecule has 1 aromatic carbocycles. The number of carbonyl (C=O) groups is 2. The highest BCUT2D eigenvalue weighted by Gasteiger charge is 2.31. The van der Waals surface area contributed by atoms with Crippen LogP contribution < -0.4 is 0 Å². The molecule has 126 valence electrons. The summed E-state index contributed by atoms with van der Waals surface area (Å²) in [5.74, 6) is -0.523. The molecule has 0 N–H and O–H groups in total. The molecule has 1 saturated heterocycles. The van der Waals surface area contributed by atoms with Crippen LogP contribution in [0.5, 0.6) is 0 Å². The smallest absolute Gasteiger partial charge is 0.337 e. The van der Waals surface area contributed by atoms with Crippen LogP contribution in [0, 0.1) is 0 Å². The first-order chi connectivity index (χ1) is 12.1. The van der Waals surface area contributed by atoms with E-state index in [-0.39, 0.29) is 5.91 Å². The van der Waals surface area contributed by atoms with E-state index in [0.717, 1.165) is 11.1 Å². The van der Waals surface area contributed by atoms with Crippen molar-refractivity contribution >= 4 is 46.3 Å². The molecule has 1 aromatic heterocycles. The number of methoxy groups -OCH3 is 1. The Kier molecular flexibility index (Phi) is 5.25. The molecule has 0 spiro atoms. The maximum atomic E-state index is 12.6. The Hall–Kier alpha value is -2.51. The predicted molar refractivity (Wildman–Crippen MR) is 101 cm³/mol. The summed E-state index contributed by atoms with van der Waals surface area (Å²) in [6, 6.07) is 10.6. The minimum absolute atomic E-state index is 0.129. The maximum Gasteiger partial charge on any atom is 0.337 e. The number of hydrogen-bond acceptors (Lipinski definition) is 6. The maximum absolute atomic E-state index is 12.6. The number of nitrogens with zero attached hydrogens (tertiary/aromatic N) is 2. The SMILES string of the molecule is COC(=O)c1ccc(/C=C2\SC(=S)N(Cc3cccnc3)C2=O)cc1. The molecular weight excluding hydrogens is 356 g/mol. The van der Waals surface area contributed by atoms with Gasteiger partial charge in [-0.05, 0) is 35.4 Å². The van der Waals surface area contributed by atoms with Gasteiger partial charge in [-0.1, -0.05) is 42.2 Å². The van der Waals surface area contributed by atoms with Crippen LogP contribution in [-0.4, -0.2) is 33.2 Å². The largest absolute Gasteiger partial charge is 0.465 e. The van der Waals surface area contributed by atoms with Crippen LogP contribution in [0.4, 0.5) is 0 Å². The van der Waals surface area contributed by atoms with Crippen molar-refractivity contribution in [2.24, 2.45) is 0 Å². The number of aromatic nitrogens is 1. The molecule has 1 fully saturated rings. The molecule has 0 aliphatic carbocycles. The van der Waals surface area contributed by atoms with E-state index in [1.54, 1.807) is 47.6 Å². The Bertz CT molecular complexity index is 848. The molecule has 7 heteroatoms. The molecule has 1 aliphatic heterocycles. The molecule has 5 nitrogen and oxygen atoms in total. The number of carbonyl (C=O) groups excluding carboxylic acids is 2.